The van der Waals surface area contributed by atoms with Crippen molar-refractivity contribution < 1.29 is 4.74 Å². The second-order valence-electron chi connectivity index (χ2n) is 3.92. The third kappa shape index (κ3) is 3.40. The van der Waals surface area contributed by atoms with Crippen molar-refractivity contribution in [2.75, 3.05) is 7.11 Å². The van der Waals surface area contributed by atoms with Crippen molar-refractivity contribution in [3.63, 3.8) is 0 Å². The van der Waals surface area contributed by atoms with Crippen LogP contribution in [0.4, 0.5) is 0 Å². The predicted octanol–water partition coefficient (Wildman–Crippen LogP) is 4.34. The molecule has 1 heterocycles. The Morgan fingerprint density at radius 2 is 2.11 bits per heavy atom. The van der Waals surface area contributed by atoms with Gasteiger partial charge in [-0.15, -0.1) is 11.8 Å². The predicted molar refractivity (Wildman–Crippen MR) is 76.5 cm³/mol. The summed E-state index contributed by atoms with van der Waals surface area (Å²) in [7, 11) is 1.67. The molecule has 2 aromatic rings. The van der Waals surface area contributed by atoms with Gasteiger partial charge in [0.25, 0.3) is 0 Å². The van der Waals surface area contributed by atoms with Crippen LogP contribution in [-0.2, 0) is 5.75 Å². The minimum Gasteiger partial charge on any atom is -0.496 e. The van der Waals surface area contributed by atoms with Crippen LogP contribution < -0.4 is 4.74 Å². The third-order valence-electron chi connectivity index (χ3n) is 2.50. The van der Waals surface area contributed by atoms with Crippen LogP contribution in [-0.4, -0.2) is 12.1 Å². The summed E-state index contributed by atoms with van der Waals surface area (Å²) in [6.07, 6.45) is 1.87. The van der Waals surface area contributed by atoms with Crippen LogP contribution in [0.2, 0.25) is 5.02 Å². The van der Waals surface area contributed by atoms with Crippen LogP contribution in [0.25, 0.3) is 0 Å². The minimum atomic E-state index is 0.725. The molecule has 0 saturated heterocycles. The second kappa shape index (κ2) is 6.12. The highest BCUT2D eigenvalue weighted by molar-refractivity contribution is 7.98. The van der Waals surface area contributed by atoms with Gasteiger partial charge in [0, 0.05) is 22.5 Å². The third-order valence-corrected chi connectivity index (χ3v) is 3.73. The molecule has 0 aliphatic rings. The largest absolute Gasteiger partial charge is 0.496 e. The molecule has 0 aliphatic heterocycles. The Bertz CT molecular complexity index is 528. The van der Waals surface area contributed by atoms with Gasteiger partial charge in [-0.1, -0.05) is 17.7 Å². The van der Waals surface area contributed by atoms with Crippen molar-refractivity contribution >= 4 is 23.4 Å². The van der Waals surface area contributed by atoms with Crippen molar-refractivity contribution in [3.8, 4) is 5.75 Å². The van der Waals surface area contributed by atoms with E-state index in [2.05, 4.69) is 11.1 Å². The molecular formula is C14H14ClNOS. The van der Waals surface area contributed by atoms with Gasteiger partial charge >= 0.3 is 0 Å². The average Bonchev–Trinajstić information content (AvgIpc) is 2.38. The van der Waals surface area contributed by atoms with Crippen LogP contribution in [0.5, 0.6) is 5.75 Å². The summed E-state index contributed by atoms with van der Waals surface area (Å²) in [5.74, 6) is 1.65. The first kappa shape index (κ1) is 13.2. The number of rotatable bonds is 4. The number of thioether (sulfide) groups is 1. The van der Waals surface area contributed by atoms with E-state index in [9.17, 15) is 0 Å². The Hall–Kier alpha value is -1.19. The maximum Gasteiger partial charge on any atom is 0.123 e. The van der Waals surface area contributed by atoms with Gasteiger partial charge < -0.3 is 4.74 Å². The lowest BCUT2D eigenvalue weighted by Gasteiger charge is -2.08. The number of hydrogen-bond acceptors (Lipinski definition) is 3. The zero-order valence-corrected chi connectivity index (χ0v) is 11.9. The van der Waals surface area contributed by atoms with Crippen molar-refractivity contribution in [1.82, 2.24) is 4.98 Å². The van der Waals surface area contributed by atoms with E-state index in [1.807, 2.05) is 37.4 Å². The molecule has 0 radical (unpaired) electrons. The van der Waals surface area contributed by atoms with Crippen LogP contribution in [0, 0.1) is 6.92 Å². The Kier molecular flexibility index (Phi) is 4.50. The average molecular weight is 280 g/mol. The van der Waals surface area contributed by atoms with Crippen LogP contribution in [0.3, 0.4) is 0 Å². The normalized spacial score (nSPS) is 10.4. The summed E-state index contributed by atoms with van der Waals surface area (Å²) < 4.78 is 5.32. The first-order chi connectivity index (χ1) is 8.69. The van der Waals surface area contributed by atoms with Crippen molar-refractivity contribution in [3.05, 3.63) is 52.7 Å². The summed E-state index contributed by atoms with van der Waals surface area (Å²) in [5, 5.41) is 1.73. The standard InChI is InChI=1S/C14H14ClNOS/c1-10-3-6-14(16-8-10)18-9-11-7-12(15)4-5-13(11)17-2/h3-8H,9H2,1-2H3. The number of nitrogens with zero attached hydrogens (tertiary/aromatic N) is 1. The molecular weight excluding hydrogens is 266 g/mol. The fourth-order valence-corrected chi connectivity index (χ4v) is 2.57. The number of aryl methyl sites for hydroxylation is 1. The second-order valence-corrected chi connectivity index (χ2v) is 5.35. The maximum absolute atomic E-state index is 6.00. The molecule has 0 unspecified atom stereocenters. The number of halogens is 1. The molecule has 0 saturated carbocycles. The van der Waals surface area contributed by atoms with E-state index in [1.165, 1.54) is 5.56 Å². The summed E-state index contributed by atoms with van der Waals surface area (Å²) in [5.41, 5.74) is 2.25. The highest BCUT2D eigenvalue weighted by Gasteiger charge is 2.05. The van der Waals surface area contributed by atoms with E-state index < -0.39 is 0 Å². The highest BCUT2D eigenvalue weighted by atomic mass is 35.5. The molecule has 0 fully saturated rings. The molecule has 94 valence electrons. The van der Waals surface area contributed by atoms with Crippen molar-refractivity contribution in [1.29, 1.82) is 0 Å². The molecule has 0 N–H and O–H groups in total. The summed E-state index contributed by atoms with van der Waals surface area (Å²) in [4.78, 5) is 4.36. The first-order valence-corrected chi connectivity index (χ1v) is 6.93. The molecule has 1 aromatic carbocycles. The summed E-state index contributed by atoms with van der Waals surface area (Å²) in [6, 6.07) is 9.74. The minimum absolute atomic E-state index is 0.725. The lowest BCUT2D eigenvalue weighted by atomic mass is 10.2. The smallest absolute Gasteiger partial charge is 0.123 e. The summed E-state index contributed by atoms with van der Waals surface area (Å²) >= 11 is 7.67. The molecule has 0 amide bonds. The molecule has 18 heavy (non-hydrogen) atoms. The van der Waals surface area contributed by atoms with Crippen LogP contribution >= 0.6 is 23.4 Å². The molecule has 1 aromatic heterocycles. The van der Waals surface area contributed by atoms with Gasteiger partial charge in [-0.25, -0.2) is 4.98 Å². The number of aromatic nitrogens is 1. The fourth-order valence-electron chi connectivity index (χ4n) is 1.55. The molecule has 0 atom stereocenters. The Balaban J connectivity index is 2.09. The number of benzene rings is 1. The van der Waals surface area contributed by atoms with E-state index >= 15 is 0 Å². The topological polar surface area (TPSA) is 22.1 Å². The van der Waals surface area contributed by atoms with Gasteiger partial charge in [0.1, 0.15) is 5.75 Å². The molecule has 0 bridgehead atoms. The quantitative estimate of drug-likeness (QED) is 0.777. The van der Waals surface area contributed by atoms with E-state index in [0.717, 1.165) is 27.1 Å². The van der Waals surface area contributed by atoms with E-state index in [-0.39, 0.29) is 0 Å². The van der Waals surface area contributed by atoms with Crippen LogP contribution in [0.1, 0.15) is 11.1 Å². The molecule has 0 spiro atoms. The zero-order valence-electron chi connectivity index (χ0n) is 10.3. The monoisotopic (exact) mass is 279 g/mol. The van der Waals surface area contributed by atoms with E-state index in [0.29, 0.717) is 0 Å². The van der Waals surface area contributed by atoms with Gasteiger partial charge in [0.2, 0.25) is 0 Å². The Morgan fingerprint density at radius 3 is 2.78 bits per heavy atom. The lowest BCUT2D eigenvalue weighted by molar-refractivity contribution is 0.411. The van der Waals surface area contributed by atoms with Gasteiger partial charge in [-0.2, -0.15) is 0 Å². The highest BCUT2D eigenvalue weighted by Crippen LogP contribution is 2.29. The van der Waals surface area contributed by atoms with E-state index in [1.54, 1.807) is 18.9 Å². The van der Waals surface area contributed by atoms with Gasteiger partial charge in [0.05, 0.1) is 12.1 Å². The number of methoxy groups -OCH3 is 1. The first-order valence-electron chi connectivity index (χ1n) is 5.57. The molecule has 4 heteroatoms. The van der Waals surface area contributed by atoms with Gasteiger partial charge in [-0.05, 0) is 36.8 Å². The lowest BCUT2D eigenvalue weighted by Crippen LogP contribution is -1.90. The Labute approximate surface area is 116 Å². The van der Waals surface area contributed by atoms with Crippen molar-refractivity contribution in [2.24, 2.45) is 0 Å². The number of pyridine rings is 1. The van der Waals surface area contributed by atoms with Gasteiger partial charge in [0.15, 0.2) is 0 Å². The SMILES string of the molecule is COc1ccc(Cl)cc1CSc1ccc(C)cn1. The molecule has 2 rings (SSSR count). The zero-order chi connectivity index (χ0) is 13.0. The van der Waals surface area contributed by atoms with Crippen molar-refractivity contribution in [2.45, 2.75) is 17.7 Å². The summed E-state index contributed by atoms with van der Waals surface area (Å²) in [6.45, 7) is 2.03. The maximum atomic E-state index is 6.00. The Morgan fingerprint density at radius 1 is 1.28 bits per heavy atom. The van der Waals surface area contributed by atoms with Crippen LogP contribution in [0.15, 0.2) is 41.6 Å². The number of ether oxygens (including phenoxy) is 1. The number of hydrogen-bond donors (Lipinski definition) is 0. The molecule has 0 aliphatic carbocycles. The van der Waals surface area contributed by atoms with E-state index in [4.69, 9.17) is 16.3 Å². The van der Waals surface area contributed by atoms with Gasteiger partial charge in [-0.3, -0.25) is 0 Å². The fraction of sp³-hybridized carbons (Fsp3) is 0.214. The molecule has 2 nitrogen and oxygen atoms in total.